The Morgan fingerprint density at radius 2 is 2.00 bits per heavy atom. The van der Waals surface area contributed by atoms with Gasteiger partial charge in [0.2, 0.25) is 0 Å². The molecule has 0 fully saturated rings. The summed E-state index contributed by atoms with van der Waals surface area (Å²) in [6.45, 7) is 4.54. The van der Waals surface area contributed by atoms with E-state index in [0.29, 0.717) is 23.4 Å². The van der Waals surface area contributed by atoms with Gasteiger partial charge >= 0.3 is 5.69 Å². The highest BCUT2D eigenvalue weighted by Gasteiger charge is 2.09. The molecule has 2 aromatic rings. The molecule has 0 aliphatic heterocycles. The van der Waals surface area contributed by atoms with Crippen molar-refractivity contribution in [3.05, 3.63) is 45.1 Å². The maximum atomic E-state index is 12.1. The van der Waals surface area contributed by atoms with Crippen LogP contribution in [0.4, 0.5) is 0 Å². The van der Waals surface area contributed by atoms with Gasteiger partial charge in [0.15, 0.2) is 0 Å². The monoisotopic (exact) mass is 232 g/mol. The lowest BCUT2D eigenvalue weighted by Gasteiger charge is -2.10. The Kier molecular flexibility index (Phi) is 3.13. The molecule has 0 amide bonds. The quantitative estimate of drug-likeness (QED) is 0.876. The summed E-state index contributed by atoms with van der Waals surface area (Å²) in [5.41, 5.74) is 0.0709. The molecule has 0 spiro atoms. The highest BCUT2D eigenvalue weighted by atomic mass is 16.2. The number of benzene rings is 1. The summed E-state index contributed by atoms with van der Waals surface area (Å²) in [5, 5.41) is 0.565. The van der Waals surface area contributed by atoms with E-state index in [1.165, 1.54) is 4.57 Å². The molecule has 2 rings (SSSR count). The number of nitrogens with zero attached hydrogens (tertiary/aromatic N) is 1. The lowest BCUT2D eigenvalue weighted by molar-refractivity contribution is 0.449. The van der Waals surface area contributed by atoms with Crippen LogP contribution in [0.1, 0.15) is 20.3 Å². The van der Waals surface area contributed by atoms with E-state index in [1.807, 2.05) is 13.8 Å². The Morgan fingerprint density at radius 3 is 2.71 bits per heavy atom. The van der Waals surface area contributed by atoms with Gasteiger partial charge in [-0.2, -0.15) is 0 Å². The van der Waals surface area contributed by atoms with Gasteiger partial charge in [-0.25, -0.2) is 4.79 Å². The minimum Gasteiger partial charge on any atom is -0.307 e. The Bertz CT molecular complexity index is 640. The molecule has 0 saturated heterocycles. The molecule has 0 radical (unpaired) electrons. The van der Waals surface area contributed by atoms with Crippen LogP contribution in [0, 0.1) is 5.92 Å². The molecular weight excluding hydrogens is 216 g/mol. The average Bonchev–Trinajstić information content (AvgIpc) is 2.34. The van der Waals surface area contributed by atoms with E-state index < -0.39 is 0 Å². The summed E-state index contributed by atoms with van der Waals surface area (Å²) in [6.07, 6.45) is 0.943. The van der Waals surface area contributed by atoms with Crippen LogP contribution in [0.5, 0.6) is 0 Å². The van der Waals surface area contributed by atoms with Crippen molar-refractivity contribution in [1.29, 1.82) is 0 Å². The minimum absolute atomic E-state index is 0.204. The second-order valence-electron chi connectivity index (χ2n) is 4.40. The highest BCUT2D eigenvalue weighted by molar-refractivity contribution is 5.76. The third kappa shape index (κ3) is 2.16. The molecule has 1 N–H and O–H groups in total. The third-order valence-electron chi connectivity index (χ3n) is 3.08. The topological polar surface area (TPSA) is 54.9 Å². The van der Waals surface area contributed by atoms with Crippen molar-refractivity contribution in [2.45, 2.75) is 26.8 Å². The van der Waals surface area contributed by atoms with Crippen molar-refractivity contribution >= 4 is 10.9 Å². The van der Waals surface area contributed by atoms with Crippen molar-refractivity contribution in [2.24, 2.45) is 5.92 Å². The van der Waals surface area contributed by atoms with Crippen molar-refractivity contribution in [2.75, 3.05) is 0 Å². The molecule has 1 heterocycles. The maximum Gasteiger partial charge on any atom is 0.328 e. The molecule has 0 saturated carbocycles. The van der Waals surface area contributed by atoms with Gasteiger partial charge in [-0.1, -0.05) is 32.4 Å². The van der Waals surface area contributed by atoms with Crippen LogP contribution in [0.25, 0.3) is 10.9 Å². The van der Waals surface area contributed by atoms with Crippen molar-refractivity contribution in [1.82, 2.24) is 9.55 Å². The van der Waals surface area contributed by atoms with Crippen LogP contribution in [0.3, 0.4) is 0 Å². The standard InChI is InChI=1S/C13H16N2O2/c1-3-9(2)8-15-12(16)10-6-4-5-7-11(10)14-13(15)17/h4-7,9H,3,8H2,1-2H3,(H,14,17). The van der Waals surface area contributed by atoms with Crippen LogP contribution in [0.15, 0.2) is 33.9 Å². The van der Waals surface area contributed by atoms with E-state index in [4.69, 9.17) is 0 Å². The van der Waals surface area contributed by atoms with Crippen LogP contribution < -0.4 is 11.2 Å². The number of nitrogens with one attached hydrogen (secondary N) is 1. The van der Waals surface area contributed by atoms with Crippen LogP contribution in [0.2, 0.25) is 0 Å². The third-order valence-corrected chi connectivity index (χ3v) is 3.08. The number of para-hydroxylation sites is 1. The van der Waals surface area contributed by atoms with Crippen LogP contribution in [-0.4, -0.2) is 9.55 Å². The first-order valence-electron chi connectivity index (χ1n) is 5.85. The van der Waals surface area contributed by atoms with Crippen molar-refractivity contribution in [3.63, 3.8) is 0 Å². The fourth-order valence-electron chi connectivity index (χ4n) is 1.81. The number of H-pyrrole nitrogens is 1. The zero-order chi connectivity index (χ0) is 12.4. The maximum absolute atomic E-state index is 12.1. The zero-order valence-corrected chi connectivity index (χ0v) is 10.1. The summed E-state index contributed by atoms with van der Waals surface area (Å²) in [6, 6.07) is 7.08. The Hall–Kier alpha value is -1.84. The fourth-order valence-corrected chi connectivity index (χ4v) is 1.81. The van der Waals surface area contributed by atoms with E-state index in [-0.39, 0.29) is 11.2 Å². The Labute approximate surface area is 98.9 Å². The number of fused-ring (bicyclic) bond motifs is 1. The SMILES string of the molecule is CCC(C)Cn1c(=O)[nH]c2ccccc2c1=O. The van der Waals surface area contributed by atoms with E-state index in [2.05, 4.69) is 4.98 Å². The van der Waals surface area contributed by atoms with Gasteiger partial charge < -0.3 is 4.98 Å². The first-order valence-corrected chi connectivity index (χ1v) is 5.85. The second kappa shape index (κ2) is 4.57. The Morgan fingerprint density at radius 1 is 1.29 bits per heavy atom. The highest BCUT2D eigenvalue weighted by Crippen LogP contribution is 2.05. The summed E-state index contributed by atoms with van der Waals surface area (Å²) < 4.78 is 1.29. The molecular formula is C13H16N2O2. The Balaban J connectivity index is 2.64. The minimum atomic E-state index is -0.325. The lowest BCUT2D eigenvalue weighted by atomic mass is 10.1. The van der Waals surface area contributed by atoms with E-state index in [9.17, 15) is 9.59 Å². The van der Waals surface area contributed by atoms with Gasteiger partial charge in [0.05, 0.1) is 10.9 Å². The molecule has 0 aliphatic rings. The zero-order valence-electron chi connectivity index (χ0n) is 10.1. The molecule has 1 atom stereocenters. The van der Waals surface area contributed by atoms with Crippen LogP contribution >= 0.6 is 0 Å². The van der Waals surface area contributed by atoms with Crippen molar-refractivity contribution < 1.29 is 0 Å². The van der Waals surface area contributed by atoms with E-state index in [1.54, 1.807) is 24.3 Å². The molecule has 0 bridgehead atoms. The summed E-state index contributed by atoms with van der Waals surface area (Å²) in [4.78, 5) is 26.7. The fraction of sp³-hybridized carbons (Fsp3) is 0.385. The summed E-state index contributed by atoms with van der Waals surface area (Å²) >= 11 is 0. The van der Waals surface area contributed by atoms with E-state index >= 15 is 0 Å². The molecule has 17 heavy (non-hydrogen) atoms. The first kappa shape index (κ1) is 11.6. The van der Waals surface area contributed by atoms with Gasteiger partial charge in [-0.05, 0) is 18.1 Å². The summed E-state index contributed by atoms with van der Waals surface area (Å²) in [5.74, 6) is 0.315. The number of hydrogen-bond donors (Lipinski definition) is 1. The predicted octanol–water partition coefficient (Wildman–Crippen LogP) is 1.74. The van der Waals surface area contributed by atoms with Gasteiger partial charge in [0.25, 0.3) is 5.56 Å². The smallest absolute Gasteiger partial charge is 0.307 e. The van der Waals surface area contributed by atoms with E-state index in [0.717, 1.165) is 6.42 Å². The molecule has 1 aromatic carbocycles. The molecule has 0 aliphatic carbocycles. The lowest BCUT2D eigenvalue weighted by Crippen LogP contribution is -2.36. The van der Waals surface area contributed by atoms with Crippen LogP contribution in [-0.2, 0) is 6.54 Å². The first-order chi connectivity index (χ1) is 8.13. The number of aromatic amines is 1. The average molecular weight is 232 g/mol. The second-order valence-corrected chi connectivity index (χ2v) is 4.40. The predicted molar refractivity (Wildman–Crippen MR) is 68.3 cm³/mol. The van der Waals surface area contributed by atoms with Gasteiger partial charge in [0.1, 0.15) is 0 Å². The normalized spacial score (nSPS) is 12.8. The largest absolute Gasteiger partial charge is 0.328 e. The molecule has 4 heteroatoms. The van der Waals surface area contributed by atoms with Crippen molar-refractivity contribution in [3.8, 4) is 0 Å². The molecule has 90 valence electrons. The summed E-state index contributed by atoms with van der Waals surface area (Å²) in [7, 11) is 0. The molecule has 4 nitrogen and oxygen atoms in total. The van der Waals surface area contributed by atoms with Gasteiger partial charge in [0, 0.05) is 6.54 Å². The number of rotatable bonds is 3. The number of hydrogen-bond acceptors (Lipinski definition) is 2. The van der Waals surface area contributed by atoms with Gasteiger partial charge in [-0.3, -0.25) is 9.36 Å². The van der Waals surface area contributed by atoms with Gasteiger partial charge in [-0.15, -0.1) is 0 Å². The number of aromatic nitrogens is 2. The molecule has 1 unspecified atom stereocenters. The molecule has 1 aromatic heterocycles.